The highest BCUT2D eigenvalue weighted by Crippen LogP contribution is 2.29. The number of nitrogens with one attached hydrogen (secondary N) is 1. The van der Waals surface area contributed by atoms with Gasteiger partial charge in [0, 0.05) is 18.3 Å². The van der Waals surface area contributed by atoms with E-state index in [1.54, 1.807) is 6.07 Å². The number of halogens is 1. The Balaban J connectivity index is 2.07. The van der Waals surface area contributed by atoms with Gasteiger partial charge in [-0.05, 0) is 36.4 Å². The number of aromatic nitrogens is 2. The van der Waals surface area contributed by atoms with Gasteiger partial charge in [0.05, 0.1) is 0 Å². The van der Waals surface area contributed by atoms with Gasteiger partial charge in [0.1, 0.15) is 15.4 Å². The summed E-state index contributed by atoms with van der Waals surface area (Å²) in [5.74, 6) is -0.469. The van der Waals surface area contributed by atoms with E-state index in [1.165, 1.54) is 17.4 Å². The van der Waals surface area contributed by atoms with Crippen molar-refractivity contribution in [3.63, 3.8) is 0 Å². The molecule has 0 unspecified atom stereocenters. The molecule has 3 aromatic rings. The topological polar surface area (TPSA) is 37.8 Å². The second-order valence-corrected chi connectivity index (χ2v) is 4.78. The van der Waals surface area contributed by atoms with Crippen molar-refractivity contribution in [1.82, 2.24) is 9.97 Å². The monoisotopic (exact) mass is 258 g/mol. The molecule has 0 amide bonds. The molecule has 0 aliphatic rings. The number of hydrogen-bond donors (Lipinski definition) is 1. The smallest absolute Gasteiger partial charge is 0.214 e. The lowest BCUT2D eigenvalue weighted by Gasteiger charge is -2.00. The van der Waals surface area contributed by atoms with Gasteiger partial charge < -0.3 is 5.32 Å². The van der Waals surface area contributed by atoms with Crippen LogP contribution in [0.4, 0.5) is 10.1 Å². The van der Waals surface area contributed by atoms with Crippen LogP contribution < -0.4 is 5.32 Å². The molecule has 0 aliphatic carbocycles. The van der Waals surface area contributed by atoms with Gasteiger partial charge in [0.15, 0.2) is 0 Å². The van der Waals surface area contributed by atoms with E-state index >= 15 is 0 Å². The first-order valence-corrected chi connectivity index (χ1v) is 6.29. The molecule has 0 saturated heterocycles. The Morgan fingerprint density at radius 3 is 2.56 bits per heavy atom. The fraction of sp³-hybridized carbons (Fsp3) is 0.0769. The highest BCUT2D eigenvalue weighted by molar-refractivity contribution is 7.21. The number of thiazole rings is 1. The van der Waals surface area contributed by atoms with Crippen LogP contribution in [0.25, 0.3) is 20.9 Å². The Bertz CT molecular complexity index is 691. The molecule has 5 heteroatoms. The maximum absolute atomic E-state index is 13.0. The van der Waals surface area contributed by atoms with Gasteiger partial charge in [-0.2, -0.15) is 4.39 Å². The summed E-state index contributed by atoms with van der Waals surface area (Å²) in [5, 5.41) is 3.91. The minimum absolute atomic E-state index is 0.469. The molecule has 0 aliphatic heterocycles. The molecule has 2 aromatic heterocycles. The van der Waals surface area contributed by atoms with Gasteiger partial charge in [0.2, 0.25) is 5.95 Å². The standard InChI is InChI=1S/C13H10FN3S/c1-15-9-4-2-8(3-5-9)12-16-10-6-7-11(14)17-13(10)18-12/h2-7,15H,1H3/i14-1. The van der Waals surface area contributed by atoms with Crippen LogP contribution >= 0.6 is 11.3 Å². The van der Waals surface area contributed by atoms with Gasteiger partial charge in [-0.15, -0.1) is 0 Å². The third kappa shape index (κ3) is 1.93. The van der Waals surface area contributed by atoms with Crippen molar-refractivity contribution in [2.24, 2.45) is 0 Å². The average Bonchev–Trinajstić information content (AvgIpc) is 2.81. The van der Waals surface area contributed by atoms with Crippen LogP contribution in [0.3, 0.4) is 0 Å². The van der Waals surface area contributed by atoms with Crippen LogP contribution in [0, 0.1) is 5.95 Å². The van der Waals surface area contributed by atoms with E-state index in [9.17, 15) is 4.39 Å². The fourth-order valence-electron chi connectivity index (χ4n) is 1.70. The highest BCUT2D eigenvalue weighted by Gasteiger charge is 2.07. The van der Waals surface area contributed by atoms with E-state index in [1.807, 2.05) is 31.3 Å². The first-order valence-electron chi connectivity index (χ1n) is 5.47. The summed E-state index contributed by atoms with van der Waals surface area (Å²) in [7, 11) is 1.87. The minimum atomic E-state index is -0.469. The molecule has 2 heterocycles. The van der Waals surface area contributed by atoms with Crippen LogP contribution in [-0.4, -0.2) is 17.0 Å². The normalized spacial score (nSPS) is 10.8. The van der Waals surface area contributed by atoms with Crippen molar-refractivity contribution in [3.8, 4) is 10.6 Å². The number of fused-ring (bicyclic) bond motifs is 1. The van der Waals surface area contributed by atoms with E-state index in [0.29, 0.717) is 4.83 Å². The molecule has 3 nitrogen and oxygen atoms in total. The molecule has 0 spiro atoms. The zero-order chi connectivity index (χ0) is 12.5. The van der Waals surface area contributed by atoms with Gasteiger partial charge in [0.25, 0.3) is 0 Å². The maximum atomic E-state index is 13.0. The number of rotatable bonds is 2. The molecule has 0 atom stereocenters. The largest absolute Gasteiger partial charge is 0.388 e. The lowest BCUT2D eigenvalue weighted by atomic mass is 10.2. The van der Waals surface area contributed by atoms with Crippen LogP contribution in [-0.2, 0) is 0 Å². The Hall–Kier alpha value is -2.01. The van der Waals surface area contributed by atoms with Crippen LogP contribution in [0.1, 0.15) is 0 Å². The summed E-state index contributed by atoms with van der Waals surface area (Å²) in [4.78, 5) is 8.91. The Labute approximate surface area is 107 Å². The summed E-state index contributed by atoms with van der Waals surface area (Å²) < 4.78 is 13.0. The summed E-state index contributed by atoms with van der Waals surface area (Å²) in [5.41, 5.74) is 2.79. The summed E-state index contributed by atoms with van der Waals surface area (Å²) in [6, 6.07) is 10.9. The number of anilines is 1. The fourth-order valence-corrected chi connectivity index (χ4v) is 2.63. The quantitative estimate of drug-likeness (QED) is 0.714. The van der Waals surface area contributed by atoms with Gasteiger partial charge in [-0.3, -0.25) is 0 Å². The van der Waals surface area contributed by atoms with Crippen molar-refractivity contribution in [2.45, 2.75) is 0 Å². The number of pyridine rings is 1. The molecule has 0 radical (unpaired) electrons. The predicted octanol–water partition coefficient (Wildman–Crippen LogP) is 3.54. The van der Waals surface area contributed by atoms with E-state index in [4.69, 9.17) is 0 Å². The maximum Gasteiger partial charge on any atom is 0.214 e. The summed E-state index contributed by atoms with van der Waals surface area (Å²) in [6.45, 7) is 0. The minimum Gasteiger partial charge on any atom is -0.388 e. The number of nitrogens with zero attached hydrogens (tertiary/aromatic N) is 2. The lowest BCUT2D eigenvalue weighted by Crippen LogP contribution is -1.86. The molecule has 0 saturated carbocycles. The van der Waals surface area contributed by atoms with Gasteiger partial charge >= 0.3 is 0 Å². The number of benzene rings is 1. The molecule has 1 aromatic carbocycles. The Kier molecular flexibility index (Phi) is 2.68. The molecular formula is C13H10FN3S. The first kappa shape index (κ1) is 11.1. The van der Waals surface area contributed by atoms with E-state index in [-0.39, 0.29) is 0 Å². The molecule has 18 heavy (non-hydrogen) atoms. The summed E-state index contributed by atoms with van der Waals surface area (Å²) >= 11 is 1.40. The molecule has 1 N–H and O–H groups in total. The third-order valence-corrected chi connectivity index (χ3v) is 3.66. The molecular weight excluding hydrogens is 248 g/mol. The van der Waals surface area contributed by atoms with Crippen LogP contribution in [0.15, 0.2) is 36.4 Å². The van der Waals surface area contributed by atoms with Crippen molar-refractivity contribution in [1.29, 1.82) is 0 Å². The van der Waals surface area contributed by atoms with Crippen molar-refractivity contribution < 1.29 is 4.39 Å². The van der Waals surface area contributed by atoms with Crippen molar-refractivity contribution >= 4 is 27.4 Å². The third-order valence-electron chi connectivity index (χ3n) is 2.64. The second kappa shape index (κ2) is 4.34. The van der Waals surface area contributed by atoms with E-state index in [2.05, 4.69) is 15.3 Å². The van der Waals surface area contributed by atoms with E-state index in [0.717, 1.165) is 21.8 Å². The predicted molar refractivity (Wildman–Crippen MR) is 72.4 cm³/mol. The molecule has 0 bridgehead atoms. The summed E-state index contributed by atoms with van der Waals surface area (Å²) in [6.07, 6.45) is 0. The SMILES string of the molecule is CNc1ccc(-c2nc3ccc([18F])nc3s2)cc1. The molecule has 90 valence electrons. The van der Waals surface area contributed by atoms with Crippen molar-refractivity contribution in [2.75, 3.05) is 12.4 Å². The second-order valence-electron chi connectivity index (χ2n) is 3.80. The zero-order valence-corrected chi connectivity index (χ0v) is 10.5. The van der Waals surface area contributed by atoms with Crippen LogP contribution in [0.2, 0.25) is 0 Å². The van der Waals surface area contributed by atoms with Gasteiger partial charge in [-0.1, -0.05) is 11.3 Å². The average molecular weight is 258 g/mol. The lowest BCUT2D eigenvalue weighted by molar-refractivity contribution is 0.589. The number of hydrogen-bond acceptors (Lipinski definition) is 4. The van der Waals surface area contributed by atoms with E-state index < -0.39 is 5.95 Å². The molecule has 3 rings (SSSR count). The zero-order valence-electron chi connectivity index (χ0n) is 9.64. The first-order chi connectivity index (χ1) is 8.76. The van der Waals surface area contributed by atoms with Crippen molar-refractivity contribution in [3.05, 3.63) is 42.3 Å². The Morgan fingerprint density at radius 2 is 1.83 bits per heavy atom. The van der Waals surface area contributed by atoms with Gasteiger partial charge in [-0.25, -0.2) is 9.97 Å². The molecule has 0 fully saturated rings. The van der Waals surface area contributed by atoms with Crippen LogP contribution in [0.5, 0.6) is 0 Å². The highest BCUT2D eigenvalue weighted by atomic mass is 32.1. The Morgan fingerprint density at radius 1 is 1.06 bits per heavy atom.